The molecule has 1 atom stereocenters. The Morgan fingerprint density at radius 3 is 2.90 bits per heavy atom. The van der Waals surface area contributed by atoms with Gasteiger partial charge >= 0.3 is 0 Å². The Kier molecular flexibility index (Phi) is 8.12. The number of para-hydroxylation sites is 1. The lowest BCUT2D eigenvalue weighted by Gasteiger charge is -2.33. The number of rotatable bonds is 6. The average Bonchev–Trinajstić information content (AvgIpc) is 2.47. The molecule has 1 fully saturated rings. The van der Waals surface area contributed by atoms with E-state index in [0.717, 1.165) is 25.4 Å². The van der Waals surface area contributed by atoms with Gasteiger partial charge in [0.2, 0.25) is 5.91 Å². The van der Waals surface area contributed by atoms with Crippen LogP contribution in [0.15, 0.2) is 30.3 Å². The standard InChI is InChI=1S/C15H23N3O2.ClH/c1-13-11-16-7-9-18(13)12-15(19)17-8-10-20-14-5-3-2-4-6-14;/h2-6,13,16H,7-12H2,1H3,(H,17,19);1H/t13-;/m0./s1. The number of benzene rings is 1. The molecule has 2 rings (SSSR count). The first-order valence-corrected chi connectivity index (χ1v) is 7.15. The van der Waals surface area contributed by atoms with Crippen LogP contribution < -0.4 is 15.4 Å². The first kappa shape index (κ1) is 17.8. The first-order valence-electron chi connectivity index (χ1n) is 7.15. The molecule has 1 aromatic rings. The van der Waals surface area contributed by atoms with Crippen LogP contribution in [-0.2, 0) is 4.79 Å². The monoisotopic (exact) mass is 313 g/mol. The smallest absolute Gasteiger partial charge is 0.234 e. The maximum Gasteiger partial charge on any atom is 0.234 e. The number of hydrogen-bond acceptors (Lipinski definition) is 4. The van der Waals surface area contributed by atoms with Gasteiger partial charge in [-0.25, -0.2) is 0 Å². The molecule has 1 aromatic carbocycles. The molecule has 21 heavy (non-hydrogen) atoms. The molecule has 1 amide bonds. The number of carbonyl (C=O) groups excluding carboxylic acids is 1. The fourth-order valence-corrected chi connectivity index (χ4v) is 2.23. The number of hydrogen-bond donors (Lipinski definition) is 2. The molecular weight excluding hydrogens is 290 g/mol. The van der Waals surface area contributed by atoms with Gasteiger partial charge < -0.3 is 15.4 Å². The van der Waals surface area contributed by atoms with E-state index in [4.69, 9.17) is 4.74 Å². The minimum absolute atomic E-state index is 0. The highest BCUT2D eigenvalue weighted by Crippen LogP contribution is 2.07. The van der Waals surface area contributed by atoms with Crippen LogP contribution in [-0.4, -0.2) is 56.2 Å². The lowest BCUT2D eigenvalue weighted by atomic mass is 10.2. The van der Waals surface area contributed by atoms with Crippen molar-refractivity contribution >= 4 is 18.3 Å². The van der Waals surface area contributed by atoms with Crippen molar-refractivity contribution in [3.63, 3.8) is 0 Å². The summed E-state index contributed by atoms with van der Waals surface area (Å²) in [5.74, 6) is 0.896. The molecule has 1 aliphatic heterocycles. The minimum Gasteiger partial charge on any atom is -0.492 e. The molecule has 0 saturated carbocycles. The van der Waals surface area contributed by atoms with Crippen LogP contribution in [0.3, 0.4) is 0 Å². The van der Waals surface area contributed by atoms with E-state index in [1.54, 1.807) is 0 Å². The zero-order chi connectivity index (χ0) is 14.2. The maximum absolute atomic E-state index is 11.8. The highest BCUT2D eigenvalue weighted by Gasteiger charge is 2.19. The second-order valence-corrected chi connectivity index (χ2v) is 5.04. The number of ether oxygens (including phenoxy) is 1. The molecule has 118 valence electrons. The zero-order valence-corrected chi connectivity index (χ0v) is 13.2. The van der Waals surface area contributed by atoms with Gasteiger partial charge in [-0.05, 0) is 19.1 Å². The summed E-state index contributed by atoms with van der Waals surface area (Å²) in [7, 11) is 0. The summed E-state index contributed by atoms with van der Waals surface area (Å²) in [4.78, 5) is 14.0. The van der Waals surface area contributed by atoms with Gasteiger partial charge in [0.15, 0.2) is 0 Å². The molecular formula is C15H24ClN3O2. The number of carbonyl (C=O) groups is 1. The Morgan fingerprint density at radius 2 is 2.19 bits per heavy atom. The summed E-state index contributed by atoms with van der Waals surface area (Å²) in [5, 5.41) is 6.21. The van der Waals surface area contributed by atoms with Crippen LogP contribution in [0.25, 0.3) is 0 Å². The van der Waals surface area contributed by atoms with Gasteiger partial charge in [0.1, 0.15) is 12.4 Å². The van der Waals surface area contributed by atoms with Crippen molar-refractivity contribution in [1.82, 2.24) is 15.5 Å². The normalized spacial score (nSPS) is 18.6. The minimum atomic E-state index is 0. The molecule has 5 nitrogen and oxygen atoms in total. The molecule has 6 heteroatoms. The molecule has 1 saturated heterocycles. The van der Waals surface area contributed by atoms with Crippen LogP contribution in [0.2, 0.25) is 0 Å². The molecule has 1 heterocycles. The number of nitrogens with one attached hydrogen (secondary N) is 2. The molecule has 0 unspecified atom stereocenters. The van der Waals surface area contributed by atoms with Gasteiger partial charge in [-0.2, -0.15) is 0 Å². The second kappa shape index (κ2) is 9.60. The van der Waals surface area contributed by atoms with Crippen molar-refractivity contribution in [3.05, 3.63) is 30.3 Å². The third kappa shape index (κ3) is 6.33. The van der Waals surface area contributed by atoms with E-state index in [1.165, 1.54) is 0 Å². The highest BCUT2D eigenvalue weighted by molar-refractivity contribution is 5.85. The van der Waals surface area contributed by atoms with E-state index in [2.05, 4.69) is 22.5 Å². The van der Waals surface area contributed by atoms with Crippen LogP contribution in [0.5, 0.6) is 5.75 Å². The molecule has 0 aromatic heterocycles. The van der Waals surface area contributed by atoms with Crippen molar-refractivity contribution in [2.45, 2.75) is 13.0 Å². The Labute approximate surface area is 132 Å². The SMILES string of the molecule is C[C@H]1CNCCN1CC(=O)NCCOc1ccccc1.Cl. The maximum atomic E-state index is 11.8. The lowest BCUT2D eigenvalue weighted by Crippen LogP contribution is -2.52. The zero-order valence-electron chi connectivity index (χ0n) is 12.4. The topological polar surface area (TPSA) is 53.6 Å². The van der Waals surface area contributed by atoms with Crippen LogP contribution in [0.1, 0.15) is 6.92 Å². The van der Waals surface area contributed by atoms with E-state index in [0.29, 0.717) is 25.7 Å². The Morgan fingerprint density at radius 1 is 1.43 bits per heavy atom. The van der Waals surface area contributed by atoms with Crippen LogP contribution in [0.4, 0.5) is 0 Å². The van der Waals surface area contributed by atoms with E-state index in [9.17, 15) is 4.79 Å². The highest BCUT2D eigenvalue weighted by atomic mass is 35.5. The Balaban J connectivity index is 0.00000220. The summed E-state index contributed by atoms with van der Waals surface area (Å²) < 4.78 is 5.53. The molecule has 0 radical (unpaired) electrons. The van der Waals surface area contributed by atoms with Gasteiger partial charge in [-0.15, -0.1) is 12.4 Å². The number of nitrogens with zero attached hydrogens (tertiary/aromatic N) is 1. The number of halogens is 1. The fraction of sp³-hybridized carbons (Fsp3) is 0.533. The number of piperazine rings is 1. The Hall–Kier alpha value is -1.30. The van der Waals surface area contributed by atoms with E-state index >= 15 is 0 Å². The molecule has 0 bridgehead atoms. The van der Waals surface area contributed by atoms with E-state index < -0.39 is 0 Å². The third-order valence-electron chi connectivity index (χ3n) is 3.42. The largest absolute Gasteiger partial charge is 0.492 e. The van der Waals surface area contributed by atoms with Crippen molar-refractivity contribution in [2.24, 2.45) is 0 Å². The van der Waals surface area contributed by atoms with E-state index in [1.807, 2.05) is 30.3 Å². The lowest BCUT2D eigenvalue weighted by molar-refractivity contribution is -0.123. The van der Waals surface area contributed by atoms with Crippen molar-refractivity contribution in [1.29, 1.82) is 0 Å². The molecule has 0 aliphatic carbocycles. The predicted octanol–water partition coefficient (Wildman–Crippen LogP) is 0.897. The summed E-state index contributed by atoms with van der Waals surface area (Å²) >= 11 is 0. The molecule has 1 aliphatic rings. The predicted molar refractivity (Wildman–Crippen MR) is 86.1 cm³/mol. The second-order valence-electron chi connectivity index (χ2n) is 5.04. The van der Waals surface area contributed by atoms with Crippen molar-refractivity contribution in [2.75, 3.05) is 39.3 Å². The third-order valence-corrected chi connectivity index (χ3v) is 3.42. The van der Waals surface area contributed by atoms with Gasteiger partial charge in [-0.1, -0.05) is 18.2 Å². The summed E-state index contributed by atoms with van der Waals surface area (Å²) in [6.45, 7) is 6.46. The van der Waals surface area contributed by atoms with Gasteiger partial charge in [-0.3, -0.25) is 9.69 Å². The fourth-order valence-electron chi connectivity index (χ4n) is 2.23. The molecule has 0 spiro atoms. The summed E-state index contributed by atoms with van der Waals surface area (Å²) in [5.41, 5.74) is 0. The average molecular weight is 314 g/mol. The quantitative estimate of drug-likeness (QED) is 0.766. The van der Waals surface area contributed by atoms with Gasteiger partial charge in [0, 0.05) is 25.7 Å². The Bertz CT molecular complexity index is 417. The summed E-state index contributed by atoms with van der Waals surface area (Å²) in [6, 6.07) is 10.0. The van der Waals surface area contributed by atoms with Crippen LogP contribution in [0, 0.1) is 0 Å². The first-order chi connectivity index (χ1) is 9.75. The molecule has 2 N–H and O–H groups in total. The van der Waals surface area contributed by atoms with Crippen molar-refractivity contribution < 1.29 is 9.53 Å². The number of amides is 1. The summed E-state index contributed by atoms with van der Waals surface area (Å²) in [6.07, 6.45) is 0. The van der Waals surface area contributed by atoms with Crippen LogP contribution >= 0.6 is 12.4 Å². The van der Waals surface area contributed by atoms with Gasteiger partial charge in [0.05, 0.1) is 13.1 Å². The van der Waals surface area contributed by atoms with Crippen molar-refractivity contribution in [3.8, 4) is 5.75 Å². The van der Waals surface area contributed by atoms with E-state index in [-0.39, 0.29) is 18.3 Å². The van der Waals surface area contributed by atoms with Gasteiger partial charge in [0.25, 0.3) is 0 Å².